The number of nitrogen functional groups attached to an aromatic ring is 1. The van der Waals surface area contributed by atoms with Gasteiger partial charge in [0.05, 0.1) is 23.7 Å². The van der Waals surface area contributed by atoms with E-state index in [1.54, 1.807) is 24.7 Å². The van der Waals surface area contributed by atoms with E-state index >= 15 is 0 Å². The van der Waals surface area contributed by atoms with Crippen LogP contribution in [0.3, 0.4) is 0 Å². The maximum Gasteiger partial charge on any atom is 0.277 e. The van der Waals surface area contributed by atoms with Crippen LogP contribution in [0.5, 0.6) is 0 Å². The van der Waals surface area contributed by atoms with Crippen LogP contribution in [0.15, 0.2) is 34.5 Å². The van der Waals surface area contributed by atoms with Crippen molar-refractivity contribution in [2.75, 3.05) is 5.73 Å². The van der Waals surface area contributed by atoms with Crippen LogP contribution in [-0.2, 0) is 0 Å². The quantitative estimate of drug-likeness (QED) is 0.817. The number of aliphatic imine (C=N–C) groups is 1. The number of imidazole rings is 1. The van der Waals surface area contributed by atoms with Crippen LogP contribution in [0.1, 0.15) is 27.2 Å². The highest BCUT2D eigenvalue weighted by molar-refractivity contribution is 6.13. The minimum Gasteiger partial charge on any atom is -0.368 e. The molecule has 94 valence electrons. The van der Waals surface area contributed by atoms with Crippen LogP contribution < -0.4 is 5.73 Å². The van der Waals surface area contributed by atoms with E-state index in [1.165, 1.54) is 4.68 Å². The molecule has 0 saturated heterocycles. The lowest BCUT2D eigenvalue weighted by Gasteiger charge is -1.98. The lowest BCUT2D eigenvalue weighted by Crippen LogP contribution is -1.98. The van der Waals surface area contributed by atoms with Crippen molar-refractivity contribution in [2.45, 2.75) is 6.92 Å². The minimum absolute atomic E-state index is 0.219. The van der Waals surface area contributed by atoms with Gasteiger partial charge in [0.25, 0.3) is 5.91 Å². The molecule has 0 unspecified atom stereocenters. The average Bonchev–Trinajstić information content (AvgIpc) is 2.90. The number of nitrogens with zero attached hydrogens (tertiary/aromatic N) is 4. The van der Waals surface area contributed by atoms with Crippen LogP contribution in [0.4, 0.5) is 5.95 Å². The first-order chi connectivity index (χ1) is 9.13. The van der Waals surface area contributed by atoms with Gasteiger partial charge in [-0.1, -0.05) is 12.1 Å². The molecule has 6 heteroatoms. The Balaban J connectivity index is 1.91. The van der Waals surface area contributed by atoms with Gasteiger partial charge >= 0.3 is 0 Å². The van der Waals surface area contributed by atoms with Gasteiger partial charge in [0.15, 0.2) is 0 Å². The molecular weight excluding hydrogens is 242 g/mol. The SMILES string of the molecule is Cc1cn(N=Cc2ccc3c(c2)C(=O)N=C3)c(N)n1. The van der Waals surface area contributed by atoms with Gasteiger partial charge < -0.3 is 5.73 Å². The zero-order valence-corrected chi connectivity index (χ0v) is 10.2. The number of anilines is 1. The normalized spacial score (nSPS) is 13.4. The van der Waals surface area contributed by atoms with Gasteiger partial charge in [0.2, 0.25) is 5.95 Å². The van der Waals surface area contributed by atoms with Crippen LogP contribution in [0.2, 0.25) is 0 Å². The third-order valence-corrected chi connectivity index (χ3v) is 2.79. The number of nitrogens with two attached hydrogens (primary N) is 1. The second kappa shape index (κ2) is 4.16. The van der Waals surface area contributed by atoms with E-state index in [4.69, 9.17) is 5.73 Å². The molecule has 0 aliphatic carbocycles. The number of amides is 1. The summed E-state index contributed by atoms with van der Waals surface area (Å²) in [6.45, 7) is 1.84. The first kappa shape index (κ1) is 11.3. The number of hydrogen-bond acceptors (Lipinski definition) is 4. The Morgan fingerprint density at radius 3 is 3.00 bits per heavy atom. The van der Waals surface area contributed by atoms with Crippen LogP contribution in [0, 0.1) is 6.92 Å². The molecule has 2 heterocycles. The summed E-state index contributed by atoms with van der Waals surface area (Å²) >= 11 is 0. The zero-order valence-electron chi connectivity index (χ0n) is 10.2. The van der Waals surface area contributed by atoms with Gasteiger partial charge in [0, 0.05) is 11.8 Å². The summed E-state index contributed by atoms with van der Waals surface area (Å²) in [5.74, 6) is 0.109. The van der Waals surface area contributed by atoms with Crippen molar-refractivity contribution in [3.63, 3.8) is 0 Å². The van der Waals surface area contributed by atoms with Gasteiger partial charge in [0.1, 0.15) is 0 Å². The van der Waals surface area contributed by atoms with E-state index in [2.05, 4.69) is 15.1 Å². The van der Waals surface area contributed by atoms with Crippen molar-refractivity contribution >= 4 is 24.3 Å². The van der Waals surface area contributed by atoms with Gasteiger partial charge in [-0.15, -0.1) is 0 Å². The largest absolute Gasteiger partial charge is 0.368 e. The number of rotatable bonds is 2. The number of hydrogen-bond donors (Lipinski definition) is 1. The topological polar surface area (TPSA) is 85.6 Å². The molecule has 3 rings (SSSR count). The Kier molecular flexibility index (Phi) is 2.49. The van der Waals surface area contributed by atoms with Crippen LogP contribution in [-0.4, -0.2) is 28.0 Å². The Bertz CT molecular complexity index is 727. The molecular formula is C13H11N5O. The first-order valence-electron chi connectivity index (χ1n) is 5.72. The number of fused-ring (bicyclic) bond motifs is 1. The van der Waals surface area contributed by atoms with E-state index in [-0.39, 0.29) is 5.91 Å². The Morgan fingerprint density at radius 2 is 2.26 bits per heavy atom. The monoisotopic (exact) mass is 253 g/mol. The first-order valence-corrected chi connectivity index (χ1v) is 5.72. The van der Waals surface area contributed by atoms with E-state index in [0.717, 1.165) is 16.8 Å². The fourth-order valence-corrected chi connectivity index (χ4v) is 1.87. The second-order valence-electron chi connectivity index (χ2n) is 4.24. The summed E-state index contributed by atoms with van der Waals surface area (Å²) in [5, 5.41) is 4.20. The molecule has 0 fully saturated rings. The maximum absolute atomic E-state index is 11.5. The van der Waals surface area contributed by atoms with Crippen molar-refractivity contribution in [3.8, 4) is 0 Å². The molecule has 19 heavy (non-hydrogen) atoms. The lowest BCUT2D eigenvalue weighted by molar-refractivity contribution is 0.101. The van der Waals surface area contributed by atoms with Gasteiger partial charge in [-0.05, 0) is 18.6 Å². The van der Waals surface area contributed by atoms with Crippen LogP contribution >= 0.6 is 0 Å². The highest BCUT2D eigenvalue weighted by Crippen LogP contribution is 2.15. The summed E-state index contributed by atoms with van der Waals surface area (Å²) < 4.78 is 1.49. The van der Waals surface area contributed by atoms with E-state index < -0.39 is 0 Å². The number of carbonyl (C=O) groups is 1. The van der Waals surface area contributed by atoms with Crippen molar-refractivity contribution in [1.29, 1.82) is 0 Å². The summed E-state index contributed by atoms with van der Waals surface area (Å²) in [5.41, 5.74) is 8.72. The van der Waals surface area contributed by atoms with Gasteiger partial charge in [-0.3, -0.25) is 4.79 Å². The molecule has 1 aliphatic heterocycles. The molecule has 0 radical (unpaired) electrons. The molecule has 1 aromatic carbocycles. The average molecular weight is 253 g/mol. The molecule has 2 aromatic rings. The fourth-order valence-electron chi connectivity index (χ4n) is 1.87. The Morgan fingerprint density at radius 1 is 1.42 bits per heavy atom. The summed E-state index contributed by atoms with van der Waals surface area (Å²) in [6, 6.07) is 5.47. The van der Waals surface area contributed by atoms with Crippen molar-refractivity contribution in [2.24, 2.45) is 10.1 Å². The minimum atomic E-state index is -0.219. The van der Waals surface area contributed by atoms with Gasteiger partial charge in [-0.2, -0.15) is 5.10 Å². The smallest absolute Gasteiger partial charge is 0.277 e. The standard InChI is InChI=1S/C13H11N5O/c1-8-7-18(13(14)17-8)16-5-9-2-3-10-6-15-12(19)11(10)4-9/h2-7H,1H3,(H2,14,17). The summed E-state index contributed by atoms with van der Waals surface area (Å²) in [4.78, 5) is 19.3. The van der Waals surface area contributed by atoms with Crippen molar-refractivity contribution in [3.05, 3.63) is 46.8 Å². The second-order valence-corrected chi connectivity index (χ2v) is 4.24. The summed E-state index contributed by atoms with van der Waals surface area (Å²) in [7, 11) is 0. The molecule has 0 spiro atoms. The van der Waals surface area contributed by atoms with E-state index in [0.29, 0.717) is 11.5 Å². The van der Waals surface area contributed by atoms with Crippen molar-refractivity contribution < 1.29 is 4.79 Å². The predicted octanol–water partition coefficient (Wildman–Crippen LogP) is 1.23. The Labute approximate surface area is 109 Å². The van der Waals surface area contributed by atoms with Gasteiger partial charge in [-0.25, -0.2) is 14.7 Å². The number of aryl methyl sites for hydroxylation is 1. The molecule has 1 aliphatic rings. The number of carbonyl (C=O) groups excluding carboxylic acids is 1. The third kappa shape index (κ3) is 2.03. The third-order valence-electron chi connectivity index (χ3n) is 2.79. The number of benzene rings is 1. The van der Waals surface area contributed by atoms with E-state index in [1.807, 2.05) is 19.1 Å². The number of aromatic nitrogens is 2. The highest BCUT2D eigenvalue weighted by Gasteiger charge is 2.14. The maximum atomic E-state index is 11.5. The Hall–Kier alpha value is -2.76. The molecule has 2 N–H and O–H groups in total. The lowest BCUT2D eigenvalue weighted by atomic mass is 10.1. The summed E-state index contributed by atoms with van der Waals surface area (Å²) in [6.07, 6.45) is 4.92. The zero-order chi connectivity index (χ0) is 13.4. The van der Waals surface area contributed by atoms with E-state index in [9.17, 15) is 4.79 Å². The molecule has 0 bridgehead atoms. The molecule has 0 atom stereocenters. The molecule has 1 aromatic heterocycles. The molecule has 0 saturated carbocycles. The van der Waals surface area contributed by atoms with Crippen molar-refractivity contribution in [1.82, 2.24) is 9.66 Å². The molecule has 6 nitrogen and oxygen atoms in total. The highest BCUT2D eigenvalue weighted by atomic mass is 16.1. The predicted molar refractivity (Wildman–Crippen MR) is 72.7 cm³/mol. The molecule has 1 amide bonds. The fraction of sp³-hybridized carbons (Fsp3) is 0.0769. The van der Waals surface area contributed by atoms with Crippen LogP contribution in [0.25, 0.3) is 0 Å².